The molecule has 110 valence electrons. The Labute approximate surface area is 125 Å². The lowest BCUT2D eigenvalue weighted by Gasteiger charge is -2.23. The molecule has 1 heterocycles. The fraction of sp³-hybridized carbons (Fsp3) is 0.294. The monoisotopic (exact) mass is 283 g/mol. The first kappa shape index (κ1) is 15.0. The molecule has 1 aromatic carbocycles. The van der Waals surface area contributed by atoms with Crippen molar-refractivity contribution in [3.8, 4) is 11.6 Å². The highest BCUT2D eigenvalue weighted by Gasteiger charge is 2.17. The highest BCUT2D eigenvalue weighted by molar-refractivity contribution is 5.95. The summed E-state index contributed by atoms with van der Waals surface area (Å²) in [7, 11) is 0. The van der Waals surface area contributed by atoms with Crippen molar-refractivity contribution in [2.24, 2.45) is 5.73 Å². The van der Waals surface area contributed by atoms with Gasteiger partial charge >= 0.3 is 0 Å². The Morgan fingerprint density at radius 1 is 1.24 bits per heavy atom. The molecule has 0 amide bonds. The number of rotatable bonds is 5. The van der Waals surface area contributed by atoms with Gasteiger partial charge in [0.1, 0.15) is 11.6 Å². The van der Waals surface area contributed by atoms with Gasteiger partial charge in [0.05, 0.1) is 0 Å². The van der Waals surface area contributed by atoms with Gasteiger partial charge in [-0.2, -0.15) is 0 Å². The number of ether oxygens (including phenoxy) is 1. The van der Waals surface area contributed by atoms with Crippen molar-refractivity contribution >= 4 is 5.84 Å². The summed E-state index contributed by atoms with van der Waals surface area (Å²) >= 11 is 0. The van der Waals surface area contributed by atoms with Crippen LogP contribution >= 0.6 is 0 Å². The number of hydrogen-bond donors (Lipinski definition) is 2. The summed E-state index contributed by atoms with van der Waals surface area (Å²) < 4.78 is 5.71. The van der Waals surface area contributed by atoms with Crippen LogP contribution in [0.1, 0.15) is 38.3 Å². The first-order valence-corrected chi connectivity index (χ1v) is 7.01. The van der Waals surface area contributed by atoms with Gasteiger partial charge in [-0.3, -0.25) is 5.41 Å². The largest absolute Gasteiger partial charge is 0.439 e. The van der Waals surface area contributed by atoms with Crippen LogP contribution in [-0.4, -0.2) is 10.8 Å². The van der Waals surface area contributed by atoms with Crippen LogP contribution in [0.4, 0.5) is 0 Å². The summed E-state index contributed by atoms with van der Waals surface area (Å²) in [6.45, 7) is 6.63. The summed E-state index contributed by atoms with van der Waals surface area (Å²) in [5, 5.41) is 7.42. The molecule has 2 aromatic rings. The molecular formula is C17H21N3O. The first-order valence-electron chi connectivity index (χ1n) is 7.01. The van der Waals surface area contributed by atoms with Gasteiger partial charge in [-0.05, 0) is 35.6 Å². The van der Waals surface area contributed by atoms with Gasteiger partial charge in [-0.1, -0.05) is 32.9 Å². The van der Waals surface area contributed by atoms with Gasteiger partial charge in [0.15, 0.2) is 0 Å². The predicted molar refractivity (Wildman–Crippen MR) is 85.1 cm³/mol. The fourth-order valence-electron chi connectivity index (χ4n) is 1.93. The average Bonchev–Trinajstić information content (AvgIpc) is 2.48. The van der Waals surface area contributed by atoms with E-state index in [1.807, 2.05) is 12.1 Å². The molecule has 4 nitrogen and oxygen atoms in total. The van der Waals surface area contributed by atoms with E-state index in [4.69, 9.17) is 15.9 Å². The second kappa shape index (κ2) is 5.95. The van der Waals surface area contributed by atoms with Gasteiger partial charge in [0.2, 0.25) is 5.88 Å². The van der Waals surface area contributed by atoms with E-state index in [2.05, 4.69) is 37.9 Å². The molecule has 21 heavy (non-hydrogen) atoms. The number of benzene rings is 1. The normalized spacial score (nSPS) is 11.2. The maximum Gasteiger partial charge on any atom is 0.219 e. The van der Waals surface area contributed by atoms with Gasteiger partial charge in [-0.25, -0.2) is 4.98 Å². The van der Waals surface area contributed by atoms with Crippen LogP contribution in [0.3, 0.4) is 0 Å². The second-order valence-corrected chi connectivity index (χ2v) is 5.66. The minimum absolute atomic E-state index is 0.00212. The minimum Gasteiger partial charge on any atom is -0.439 e. The third-order valence-electron chi connectivity index (χ3n) is 3.79. The van der Waals surface area contributed by atoms with Gasteiger partial charge < -0.3 is 10.5 Å². The van der Waals surface area contributed by atoms with Crippen molar-refractivity contribution in [3.63, 3.8) is 0 Å². The maximum atomic E-state index is 7.42. The molecule has 3 N–H and O–H groups in total. The Kier molecular flexibility index (Phi) is 4.26. The molecule has 0 saturated heterocycles. The molecule has 0 atom stereocenters. The van der Waals surface area contributed by atoms with Crippen LogP contribution in [-0.2, 0) is 5.41 Å². The molecule has 0 bridgehead atoms. The number of amidine groups is 1. The molecule has 4 heteroatoms. The number of aromatic nitrogens is 1. The molecule has 2 rings (SSSR count). The summed E-state index contributed by atoms with van der Waals surface area (Å²) in [6, 6.07) is 11.4. The van der Waals surface area contributed by atoms with Gasteiger partial charge in [-0.15, -0.1) is 0 Å². The van der Waals surface area contributed by atoms with E-state index >= 15 is 0 Å². The molecule has 0 radical (unpaired) electrons. The Balaban J connectivity index is 2.17. The molecule has 0 aliphatic rings. The lowest BCUT2D eigenvalue weighted by molar-refractivity contribution is 0.460. The topological polar surface area (TPSA) is 72.0 Å². The SMILES string of the molecule is CCC(C)(C)c1ccc(Oc2cc(C(=N)N)ccn2)cc1. The fourth-order valence-corrected chi connectivity index (χ4v) is 1.93. The number of pyridine rings is 1. The average molecular weight is 283 g/mol. The van der Waals surface area contributed by atoms with Crippen molar-refractivity contribution < 1.29 is 4.74 Å². The van der Waals surface area contributed by atoms with Crippen molar-refractivity contribution in [1.82, 2.24) is 4.98 Å². The van der Waals surface area contributed by atoms with Crippen LogP contribution in [0.5, 0.6) is 11.6 Å². The van der Waals surface area contributed by atoms with Crippen LogP contribution in [0.25, 0.3) is 0 Å². The molecule has 0 aliphatic carbocycles. The lowest BCUT2D eigenvalue weighted by atomic mass is 9.82. The van der Waals surface area contributed by atoms with Gasteiger partial charge in [0, 0.05) is 17.8 Å². The smallest absolute Gasteiger partial charge is 0.219 e. The number of hydrogen-bond acceptors (Lipinski definition) is 3. The number of nitrogens with two attached hydrogens (primary N) is 1. The lowest BCUT2D eigenvalue weighted by Crippen LogP contribution is -2.14. The Hall–Kier alpha value is -2.36. The quantitative estimate of drug-likeness (QED) is 0.646. The molecule has 0 unspecified atom stereocenters. The Morgan fingerprint density at radius 3 is 2.48 bits per heavy atom. The van der Waals surface area contributed by atoms with Crippen molar-refractivity contribution in [2.75, 3.05) is 0 Å². The zero-order valence-electron chi connectivity index (χ0n) is 12.7. The first-order chi connectivity index (χ1) is 9.92. The standard InChI is InChI=1S/C17H21N3O/c1-4-17(2,3)13-5-7-14(8-6-13)21-15-11-12(16(18)19)9-10-20-15/h5-11H,4H2,1-3H3,(H3,18,19). The van der Waals surface area contributed by atoms with Crippen LogP contribution in [0.15, 0.2) is 42.6 Å². The van der Waals surface area contributed by atoms with E-state index in [-0.39, 0.29) is 11.3 Å². The van der Waals surface area contributed by atoms with E-state index in [0.717, 1.165) is 12.2 Å². The van der Waals surface area contributed by atoms with Crippen LogP contribution in [0, 0.1) is 5.41 Å². The number of nitrogen functional groups attached to an aromatic ring is 1. The van der Waals surface area contributed by atoms with Crippen molar-refractivity contribution in [1.29, 1.82) is 5.41 Å². The van der Waals surface area contributed by atoms with E-state index in [9.17, 15) is 0 Å². The van der Waals surface area contributed by atoms with E-state index < -0.39 is 0 Å². The maximum absolute atomic E-state index is 7.42. The highest BCUT2D eigenvalue weighted by Crippen LogP contribution is 2.29. The molecule has 1 aromatic heterocycles. The summed E-state index contributed by atoms with van der Waals surface area (Å²) in [5.41, 5.74) is 7.50. The van der Waals surface area contributed by atoms with Gasteiger partial charge in [0.25, 0.3) is 0 Å². The predicted octanol–water partition coefficient (Wildman–Crippen LogP) is 3.85. The summed E-state index contributed by atoms with van der Waals surface area (Å²) in [6.07, 6.45) is 2.66. The molecule has 0 spiro atoms. The zero-order chi connectivity index (χ0) is 15.5. The van der Waals surface area contributed by atoms with E-state index in [1.54, 1.807) is 18.3 Å². The minimum atomic E-state index is 0.00212. The Morgan fingerprint density at radius 2 is 1.90 bits per heavy atom. The molecular weight excluding hydrogens is 262 g/mol. The summed E-state index contributed by atoms with van der Waals surface area (Å²) in [5.74, 6) is 1.16. The second-order valence-electron chi connectivity index (χ2n) is 5.66. The molecule has 0 aliphatic heterocycles. The van der Waals surface area contributed by atoms with Crippen LogP contribution < -0.4 is 10.5 Å². The van der Waals surface area contributed by atoms with E-state index in [0.29, 0.717) is 11.4 Å². The zero-order valence-corrected chi connectivity index (χ0v) is 12.7. The highest BCUT2D eigenvalue weighted by atomic mass is 16.5. The number of nitrogens with one attached hydrogen (secondary N) is 1. The number of nitrogens with zero attached hydrogens (tertiary/aromatic N) is 1. The Bertz CT molecular complexity index is 633. The third kappa shape index (κ3) is 3.60. The summed E-state index contributed by atoms with van der Waals surface area (Å²) in [4.78, 5) is 4.13. The van der Waals surface area contributed by atoms with E-state index in [1.165, 1.54) is 5.56 Å². The third-order valence-corrected chi connectivity index (χ3v) is 3.79. The van der Waals surface area contributed by atoms with Crippen molar-refractivity contribution in [2.45, 2.75) is 32.6 Å². The van der Waals surface area contributed by atoms with Crippen molar-refractivity contribution in [3.05, 3.63) is 53.7 Å². The molecule has 0 saturated carbocycles. The molecule has 0 fully saturated rings. The van der Waals surface area contributed by atoms with Crippen LogP contribution in [0.2, 0.25) is 0 Å².